The highest BCUT2D eigenvalue weighted by molar-refractivity contribution is 5.97. The molecule has 3 aromatic rings. The molecule has 1 aromatic carbocycles. The molecule has 2 aromatic heterocycles. The van der Waals surface area contributed by atoms with Crippen LogP contribution in [0.5, 0.6) is 0 Å². The highest BCUT2D eigenvalue weighted by Crippen LogP contribution is 2.26. The van der Waals surface area contributed by atoms with Crippen LogP contribution in [0.3, 0.4) is 0 Å². The lowest BCUT2D eigenvalue weighted by molar-refractivity contribution is 0.0514. The van der Waals surface area contributed by atoms with Gasteiger partial charge in [0.1, 0.15) is 22.6 Å². The van der Waals surface area contributed by atoms with Gasteiger partial charge < -0.3 is 14.8 Å². The van der Waals surface area contributed by atoms with Crippen LogP contribution in [0.15, 0.2) is 28.7 Å². The van der Waals surface area contributed by atoms with E-state index >= 15 is 0 Å². The second-order valence-corrected chi connectivity index (χ2v) is 6.39. The van der Waals surface area contributed by atoms with E-state index in [1.54, 1.807) is 36.7 Å². The van der Waals surface area contributed by atoms with Crippen molar-refractivity contribution in [3.8, 4) is 0 Å². The molecule has 0 fully saturated rings. The Morgan fingerprint density at radius 1 is 1.36 bits per heavy atom. The monoisotopic (exact) mass is 342 g/mol. The molecular weight excluding hydrogens is 320 g/mol. The Labute approximate surface area is 145 Å². The van der Waals surface area contributed by atoms with Crippen LogP contribution in [-0.2, 0) is 12.1 Å². The fourth-order valence-electron chi connectivity index (χ4n) is 2.96. The Hall–Kier alpha value is -2.67. The van der Waals surface area contributed by atoms with Crippen LogP contribution < -0.4 is 5.32 Å². The Kier molecular flexibility index (Phi) is 4.34. The summed E-state index contributed by atoms with van der Waals surface area (Å²) >= 11 is 0. The molecule has 1 atom stereocenters. The molecule has 25 heavy (non-hydrogen) atoms. The van der Waals surface area contributed by atoms with Crippen molar-refractivity contribution in [2.24, 2.45) is 0 Å². The normalized spacial score (nSPS) is 13.8. The summed E-state index contributed by atoms with van der Waals surface area (Å²) in [4.78, 5) is 12.4. The van der Waals surface area contributed by atoms with Crippen LogP contribution in [0.4, 0.5) is 0 Å². The zero-order valence-electron chi connectivity index (χ0n) is 14.8. The number of fused-ring (bicyclic) bond motifs is 1. The number of carbonyl (C=O) groups excluding carboxylic acids is 1. The number of aliphatic hydroxyl groups is 1. The molecule has 2 N–H and O–H groups in total. The number of hydrogen-bond acceptors (Lipinski definition) is 5. The number of rotatable bonds is 5. The standard InChI is InChI=1S/C18H22N4O3/c1-5-22-16-7-6-13(9-15(16)20-21-22)17(23)19-10-18(4,24)14-8-11(2)25-12(14)3/h6-9,24H,5,10H2,1-4H3,(H,19,23). The molecule has 0 saturated carbocycles. The Morgan fingerprint density at radius 3 is 2.76 bits per heavy atom. The van der Waals surface area contributed by atoms with Crippen LogP contribution in [0.2, 0.25) is 0 Å². The topological polar surface area (TPSA) is 93.2 Å². The third-order valence-corrected chi connectivity index (χ3v) is 4.29. The predicted molar refractivity (Wildman–Crippen MR) is 93.3 cm³/mol. The number of nitrogens with zero attached hydrogens (tertiary/aromatic N) is 3. The molecule has 0 aliphatic heterocycles. The summed E-state index contributed by atoms with van der Waals surface area (Å²) in [6.45, 7) is 8.05. The minimum atomic E-state index is -1.22. The van der Waals surface area contributed by atoms with E-state index in [0.29, 0.717) is 28.9 Å². The SMILES string of the molecule is CCn1nnc2cc(C(=O)NCC(C)(O)c3cc(C)oc3C)ccc21. The fourth-order valence-corrected chi connectivity index (χ4v) is 2.96. The number of aromatic nitrogens is 3. The van der Waals surface area contributed by atoms with E-state index in [0.717, 1.165) is 11.3 Å². The van der Waals surface area contributed by atoms with Crippen molar-refractivity contribution in [3.63, 3.8) is 0 Å². The molecule has 2 heterocycles. The summed E-state index contributed by atoms with van der Waals surface area (Å²) in [5.74, 6) is 1.10. The molecule has 3 rings (SSSR count). The number of hydrogen-bond donors (Lipinski definition) is 2. The molecule has 0 aliphatic rings. The summed E-state index contributed by atoms with van der Waals surface area (Å²) in [6, 6.07) is 7.05. The van der Waals surface area contributed by atoms with E-state index in [-0.39, 0.29) is 12.5 Å². The molecule has 0 bridgehead atoms. The molecule has 0 radical (unpaired) electrons. The molecule has 7 heteroatoms. The first-order valence-corrected chi connectivity index (χ1v) is 8.23. The van der Waals surface area contributed by atoms with Crippen molar-refractivity contribution in [1.29, 1.82) is 0 Å². The van der Waals surface area contributed by atoms with E-state index in [2.05, 4.69) is 15.6 Å². The zero-order valence-corrected chi connectivity index (χ0v) is 14.8. The maximum atomic E-state index is 12.4. The van der Waals surface area contributed by atoms with E-state index in [1.165, 1.54) is 0 Å². The van der Waals surface area contributed by atoms with Gasteiger partial charge in [0.2, 0.25) is 0 Å². The second kappa shape index (κ2) is 6.33. The third kappa shape index (κ3) is 3.28. The van der Waals surface area contributed by atoms with Crippen LogP contribution >= 0.6 is 0 Å². The summed E-state index contributed by atoms with van der Waals surface area (Å²) in [5, 5.41) is 21.6. The van der Waals surface area contributed by atoms with Crippen molar-refractivity contribution in [3.05, 3.63) is 46.9 Å². The lowest BCUT2D eigenvalue weighted by Crippen LogP contribution is -2.38. The average Bonchev–Trinajstić information content (AvgIpc) is 3.14. The highest BCUT2D eigenvalue weighted by Gasteiger charge is 2.28. The largest absolute Gasteiger partial charge is 0.466 e. The predicted octanol–water partition coefficient (Wildman–Crippen LogP) is 2.30. The summed E-state index contributed by atoms with van der Waals surface area (Å²) < 4.78 is 7.23. The van der Waals surface area contributed by atoms with Crippen molar-refractivity contribution < 1.29 is 14.3 Å². The summed E-state index contributed by atoms with van der Waals surface area (Å²) in [7, 11) is 0. The highest BCUT2D eigenvalue weighted by atomic mass is 16.3. The van der Waals surface area contributed by atoms with Crippen LogP contribution in [0.1, 0.15) is 41.3 Å². The molecule has 0 spiro atoms. The van der Waals surface area contributed by atoms with Crippen LogP contribution in [0, 0.1) is 13.8 Å². The van der Waals surface area contributed by atoms with Gasteiger partial charge in [0, 0.05) is 17.7 Å². The van der Waals surface area contributed by atoms with Gasteiger partial charge in [-0.3, -0.25) is 4.79 Å². The van der Waals surface area contributed by atoms with Gasteiger partial charge in [0.05, 0.1) is 12.1 Å². The van der Waals surface area contributed by atoms with Crippen molar-refractivity contribution in [2.75, 3.05) is 6.54 Å². The summed E-state index contributed by atoms with van der Waals surface area (Å²) in [6.07, 6.45) is 0. The van der Waals surface area contributed by atoms with E-state index in [1.807, 2.05) is 19.9 Å². The van der Waals surface area contributed by atoms with Crippen LogP contribution in [-0.4, -0.2) is 32.6 Å². The first-order chi connectivity index (χ1) is 11.8. The maximum absolute atomic E-state index is 12.4. The minimum absolute atomic E-state index is 0.0747. The Morgan fingerprint density at radius 2 is 2.12 bits per heavy atom. The van der Waals surface area contributed by atoms with Gasteiger partial charge in [-0.15, -0.1) is 5.10 Å². The molecule has 0 aliphatic carbocycles. The minimum Gasteiger partial charge on any atom is -0.466 e. The quantitative estimate of drug-likeness (QED) is 0.742. The first-order valence-electron chi connectivity index (χ1n) is 8.23. The Balaban J connectivity index is 1.75. The maximum Gasteiger partial charge on any atom is 0.251 e. The van der Waals surface area contributed by atoms with E-state index in [4.69, 9.17) is 4.42 Å². The molecule has 7 nitrogen and oxygen atoms in total. The van der Waals surface area contributed by atoms with E-state index < -0.39 is 5.60 Å². The summed E-state index contributed by atoms with van der Waals surface area (Å²) in [5.41, 5.74) is 1.49. The number of aryl methyl sites for hydroxylation is 3. The van der Waals surface area contributed by atoms with E-state index in [9.17, 15) is 9.90 Å². The Bertz CT molecular complexity index is 924. The average molecular weight is 342 g/mol. The van der Waals surface area contributed by atoms with Crippen LogP contribution in [0.25, 0.3) is 11.0 Å². The lowest BCUT2D eigenvalue weighted by atomic mass is 9.96. The van der Waals surface area contributed by atoms with Gasteiger partial charge in [0.25, 0.3) is 5.91 Å². The van der Waals surface area contributed by atoms with Gasteiger partial charge in [-0.05, 0) is 52.0 Å². The van der Waals surface area contributed by atoms with Crippen molar-refractivity contribution >= 4 is 16.9 Å². The molecule has 0 saturated heterocycles. The van der Waals surface area contributed by atoms with Gasteiger partial charge >= 0.3 is 0 Å². The first kappa shape index (κ1) is 17.2. The number of furan rings is 1. The van der Waals surface area contributed by atoms with Gasteiger partial charge in [-0.25, -0.2) is 4.68 Å². The second-order valence-electron chi connectivity index (χ2n) is 6.39. The smallest absolute Gasteiger partial charge is 0.251 e. The van der Waals surface area contributed by atoms with Crippen molar-refractivity contribution in [2.45, 2.75) is 39.8 Å². The third-order valence-electron chi connectivity index (χ3n) is 4.29. The number of carbonyl (C=O) groups is 1. The number of nitrogens with one attached hydrogen (secondary N) is 1. The lowest BCUT2D eigenvalue weighted by Gasteiger charge is -2.23. The van der Waals surface area contributed by atoms with Gasteiger partial charge in [-0.2, -0.15) is 0 Å². The zero-order chi connectivity index (χ0) is 18.2. The molecular formula is C18H22N4O3. The number of benzene rings is 1. The van der Waals surface area contributed by atoms with Crippen molar-refractivity contribution in [1.82, 2.24) is 20.3 Å². The fraction of sp³-hybridized carbons (Fsp3) is 0.389. The molecule has 1 amide bonds. The molecule has 132 valence electrons. The van der Waals surface area contributed by atoms with Gasteiger partial charge in [-0.1, -0.05) is 5.21 Å². The van der Waals surface area contributed by atoms with Gasteiger partial charge in [0.15, 0.2) is 0 Å². The molecule has 1 unspecified atom stereocenters. The number of amides is 1.